The summed E-state index contributed by atoms with van der Waals surface area (Å²) in [6, 6.07) is 0. The van der Waals surface area contributed by atoms with Gasteiger partial charge in [0.15, 0.2) is 0 Å². The van der Waals surface area contributed by atoms with Crippen molar-refractivity contribution in [3.8, 4) is 0 Å². The van der Waals surface area contributed by atoms with Gasteiger partial charge in [-0.15, -0.1) is 0 Å². The Hall–Kier alpha value is -0.130. The van der Waals surface area contributed by atoms with E-state index in [1.807, 2.05) is 0 Å². The lowest BCUT2D eigenvalue weighted by molar-refractivity contribution is 0.369. The predicted molar refractivity (Wildman–Crippen MR) is 64.4 cm³/mol. The van der Waals surface area contributed by atoms with E-state index in [4.69, 9.17) is 0 Å². The van der Waals surface area contributed by atoms with E-state index < -0.39 is 10.0 Å². The molecule has 0 aliphatic heterocycles. The van der Waals surface area contributed by atoms with Crippen molar-refractivity contribution in [1.29, 1.82) is 0 Å². The summed E-state index contributed by atoms with van der Waals surface area (Å²) in [5.74, 6) is 0.171. The highest BCUT2D eigenvalue weighted by Crippen LogP contribution is 2.16. The Morgan fingerprint density at radius 3 is 2.07 bits per heavy atom. The van der Waals surface area contributed by atoms with Crippen LogP contribution >= 0.6 is 0 Å². The molecule has 0 spiro atoms. The first-order valence-electron chi connectivity index (χ1n) is 5.26. The van der Waals surface area contributed by atoms with E-state index in [1.165, 1.54) is 4.31 Å². The second-order valence-electron chi connectivity index (χ2n) is 5.16. The lowest BCUT2D eigenvalue weighted by atomic mass is 9.92. The fraction of sp³-hybridized carbons (Fsp3) is 1.00. The van der Waals surface area contributed by atoms with E-state index in [0.717, 1.165) is 13.0 Å². The normalized spacial score (nSPS) is 13.5. The summed E-state index contributed by atoms with van der Waals surface area (Å²) in [6.07, 6.45) is 1.05. The Kier molecular flexibility index (Phi) is 5.77. The van der Waals surface area contributed by atoms with Crippen molar-refractivity contribution in [2.75, 3.05) is 32.9 Å². The first-order chi connectivity index (χ1) is 6.65. The van der Waals surface area contributed by atoms with Crippen molar-refractivity contribution in [2.45, 2.75) is 27.2 Å². The molecule has 0 saturated carbocycles. The summed E-state index contributed by atoms with van der Waals surface area (Å²) in [7, 11) is 0.0767. The smallest absolute Gasteiger partial charge is 0.214 e. The first-order valence-corrected chi connectivity index (χ1v) is 6.87. The third-order valence-corrected chi connectivity index (χ3v) is 3.98. The molecule has 1 N–H and O–H groups in total. The van der Waals surface area contributed by atoms with Gasteiger partial charge >= 0.3 is 0 Å². The van der Waals surface area contributed by atoms with E-state index >= 15 is 0 Å². The fourth-order valence-corrected chi connectivity index (χ4v) is 1.74. The molecule has 0 atom stereocenters. The lowest BCUT2D eigenvalue weighted by Crippen LogP contribution is -2.32. The summed E-state index contributed by atoms with van der Waals surface area (Å²) in [6.45, 7) is 7.91. The van der Waals surface area contributed by atoms with Crippen LogP contribution in [0.5, 0.6) is 0 Å². The molecule has 0 aromatic rings. The number of nitrogens with one attached hydrogen (secondary N) is 1. The van der Waals surface area contributed by atoms with E-state index in [-0.39, 0.29) is 5.75 Å². The molecule has 15 heavy (non-hydrogen) atoms. The van der Waals surface area contributed by atoms with Crippen molar-refractivity contribution in [1.82, 2.24) is 9.62 Å². The van der Waals surface area contributed by atoms with Crippen LogP contribution < -0.4 is 5.32 Å². The summed E-state index contributed by atoms with van der Waals surface area (Å²) < 4.78 is 24.0. The highest BCUT2D eigenvalue weighted by molar-refractivity contribution is 7.89. The zero-order valence-electron chi connectivity index (χ0n) is 10.5. The average Bonchev–Trinajstić information content (AvgIpc) is 2.00. The predicted octanol–water partition coefficient (Wildman–Crippen LogP) is 0.904. The van der Waals surface area contributed by atoms with Gasteiger partial charge in [0.2, 0.25) is 10.0 Å². The van der Waals surface area contributed by atoms with E-state index in [0.29, 0.717) is 12.0 Å². The molecule has 0 heterocycles. The SMILES string of the molecule is CN(C)S(=O)(=O)CCNCCC(C)(C)C. The zero-order chi connectivity index (χ0) is 12.1. The van der Waals surface area contributed by atoms with E-state index in [1.54, 1.807) is 14.1 Å². The van der Waals surface area contributed by atoms with Gasteiger partial charge in [-0.25, -0.2) is 12.7 Å². The van der Waals surface area contributed by atoms with Crippen molar-refractivity contribution >= 4 is 10.0 Å². The van der Waals surface area contributed by atoms with E-state index in [2.05, 4.69) is 26.1 Å². The van der Waals surface area contributed by atoms with Crippen LogP contribution in [0, 0.1) is 5.41 Å². The highest BCUT2D eigenvalue weighted by Gasteiger charge is 2.13. The number of hydrogen-bond donors (Lipinski definition) is 1. The lowest BCUT2D eigenvalue weighted by Gasteiger charge is -2.18. The maximum absolute atomic E-state index is 11.4. The highest BCUT2D eigenvalue weighted by atomic mass is 32.2. The van der Waals surface area contributed by atoms with Crippen molar-refractivity contribution in [2.24, 2.45) is 5.41 Å². The molecular formula is C10H24N2O2S. The Labute approximate surface area is 94.1 Å². The van der Waals surface area contributed by atoms with Crippen LogP contribution in [0.15, 0.2) is 0 Å². The molecule has 0 aliphatic rings. The quantitative estimate of drug-likeness (QED) is 0.697. The topological polar surface area (TPSA) is 49.4 Å². The monoisotopic (exact) mass is 236 g/mol. The van der Waals surface area contributed by atoms with Crippen LogP contribution in [0.25, 0.3) is 0 Å². The average molecular weight is 236 g/mol. The third kappa shape index (κ3) is 7.76. The van der Waals surface area contributed by atoms with Gasteiger partial charge in [-0.3, -0.25) is 0 Å². The minimum atomic E-state index is -3.04. The molecule has 0 amide bonds. The molecule has 4 nitrogen and oxygen atoms in total. The van der Waals surface area contributed by atoms with E-state index in [9.17, 15) is 8.42 Å². The molecule has 0 fully saturated rings. The van der Waals surface area contributed by atoms with Crippen LogP contribution in [0.2, 0.25) is 0 Å². The van der Waals surface area contributed by atoms with Gasteiger partial charge in [-0.1, -0.05) is 20.8 Å². The molecule has 5 heteroatoms. The second-order valence-corrected chi connectivity index (χ2v) is 7.46. The molecule has 0 radical (unpaired) electrons. The maximum atomic E-state index is 11.4. The maximum Gasteiger partial charge on any atom is 0.214 e. The molecule has 0 saturated heterocycles. The molecule has 0 aromatic carbocycles. The molecule has 0 unspecified atom stereocenters. The summed E-state index contributed by atoms with van der Waals surface area (Å²) in [4.78, 5) is 0. The van der Waals surface area contributed by atoms with Crippen LogP contribution in [0.4, 0.5) is 0 Å². The van der Waals surface area contributed by atoms with Crippen LogP contribution in [-0.2, 0) is 10.0 Å². The van der Waals surface area contributed by atoms with Crippen LogP contribution in [0.3, 0.4) is 0 Å². The Bertz CT molecular complexity index is 266. The summed E-state index contributed by atoms with van der Waals surface area (Å²) in [5.41, 5.74) is 0.299. The van der Waals surface area contributed by atoms with Gasteiger partial charge in [0, 0.05) is 20.6 Å². The van der Waals surface area contributed by atoms with Crippen molar-refractivity contribution < 1.29 is 8.42 Å². The third-order valence-electron chi connectivity index (χ3n) is 2.14. The molecular weight excluding hydrogens is 212 g/mol. The van der Waals surface area contributed by atoms with Gasteiger partial charge in [0.1, 0.15) is 0 Å². The largest absolute Gasteiger partial charge is 0.316 e. The molecule has 0 aliphatic carbocycles. The number of hydrogen-bond acceptors (Lipinski definition) is 3. The minimum Gasteiger partial charge on any atom is -0.316 e. The van der Waals surface area contributed by atoms with Crippen molar-refractivity contribution in [3.05, 3.63) is 0 Å². The first kappa shape index (κ1) is 14.9. The van der Waals surface area contributed by atoms with Gasteiger partial charge in [-0.05, 0) is 18.4 Å². The fourth-order valence-electron chi connectivity index (χ4n) is 0.972. The second kappa shape index (κ2) is 5.82. The standard InChI is InChI=1S/C10H24N2O2S/c1-10(2,3)6-7-11-8-9-15(13,14)12(4)5/h11H,6-9H2,1-5H3. The van der Waals surface area contributed by atoms with Gasteiger partial charge in [0.05, 0.1) is 5.75 Å². The van der Waals surface area contributed by atoms with Crippen molar-refractivity contribution in [3.63, 3.8) is 0 Å². The molecule has 0 aromatic heterocycles. The number of rotatable bonds is 6. The van der Waals surface area contributed by atoms with Crippen LogP contribution in [0.1, 0.15) is 27.2 Å². The molecule has 0 bridgehead atoms. The van der Waals surface area contributed by atoms with Gasteiger partial charge in [-0.2, -0.15) is 0 Å². The minimum absolute atomic E-state index is 0.171. The number of nitrogens with zero attached hydrogens (tertiary/aromatic N) is 1. The molecule has 92 valence electrons. The Balaban J connectivity index is 3.65. The summed E-state index contributed by atoms with van der Waals surface area (Å²) >= 11 is 0. The Morgan fingerprint density at radius 2 is 1.67 bits per heavy atom. The summed E-state index contributed by atoms with van der Waals surface area (Å²) in [5, 5.41) is 3.15. The molecule has 0 rings (SSSR count). The zero-order valence-corrected chi connectivity index (χ0v) is 11.3. The van der Waals surface area contributed by atoms with Gasteiger partial charge < -0.3 is 5.32 Å². The van der Waals surface area contributed by atoms with Crippen LogP contribution in [-0.4, -0.2) is 45.7 Å². The number of sulfonamides is 1. The van der Waals surface area contributed by atoms with Gasteiger partial charge in [0.25, 0.3) is 0 Å². The Morgan fingerprint density at radius 1 is 1.13 bits per heavy atom.